The van der Waals surface area contributed by atoms with Gasteiger partial charge in [-0.2, -0.15) is 0 Å². The molecule has 0 aliphatic carbocycles. The molecule has 3 aromatic carbocycles. The Morgan fingerprint density at radius 3 is 2.11 bits per heavy atom. The molecule has 0 atom stereocenters. The molecule has 0 saturated heterocycles. The molecule has 198 valence electrons. The third-order valence-corrected chi connectivity index (χ3v) is 5.84. The maximum atomic E-state index is 13.1. The summed E-state index contributed by atoms with van der Waals surface area (Å²) >= 11 is 6.67. The second-order valence-corrected chi connectivity index (χ2v) is 8.89. The molecule has 1 heterocycles. The van der Waals surface area contributed by atoms with Crippen LogP contribution < -0.4 is 9.47 Å². The molecule has 0 N–H and O–H groups in total. The van der Waals surface area contributed by atoms with Crippen LogP contribution in [0.4, 0.5) is 13.2 Å². The van der Waals surface area contributed by atoms with Gasteiger partial charge < -0.3 is 18.8 Å². The zero-order chi connectivity index (χ0) is 27.6. The Labute approximate surface area is 221 Å². The lowest BCUT2D eigenvalue weighted by Gasteiger charge is -2.13. The standard InChI is InChI=1S/C28H23ClF3NO5/c1-4-36-27(35)25-24(29)22-15-18(26(34)17-5-10-21(11-6-17)38-28(30,31)32)7-14-23(22)33(25)19-8-12-20(13-9-19)37-16(2)3/h5-16H,4H2,1-3H3. The third-order valence-electron chi connectivity index (χ3n) is 5.45. The monoisotopic (exact) mass is 545 g/mol. The van der Waals surface area contributed by atoms with E-state index in [0.717, 1.165) is 12.1 Å². The van der Waals surface area contributed by atoms with Crippen LogP contribution in [-0.2, 0) is 4.74 Å². The van der Waals surface area contributed by atoms with Gasteiger partial charge in [-0.3, -0.25) is 4.79 Å². The number of ketones is 1. The number of rotatable bonds is 8. The number of benzene rings is 3. The van der Waals surface area contributed by atoms with E-state index >= 15 is 0 Å². The number of halogens is 4. The number of alkyl halides is 3. The van der Waals surface area contributed by atoms with Gasteiger partial charge in [0.25, 0.3) is 0 Å². The van der Waals surface area contributed by atoms with Crippen molar-refractivity contribution in [2.75, 3.05) is 6.61 Å². The fraction of sp³-hybridized carbons (Fsp3) is 0.214. The molecule has 0 aliphatic heterocycles. The van der Waals surface area contributed by atoms with Crippen LogP contribution in [0.5, 0.6) is 11.5 Å². The predicted molar refractivity (Wildman–Crippen MR) is 137 cm³/mol. The van der Waals surface area contributed by atoms with E-state index in [4.69, 9.17) is 21.1 Å². The number of carbonyl (C=O) groups excluding carboxylic acids is 2. The molecule has 4 aromatic rings. The Morgan fingerprint density at radius 1 is 0.921 bits per heavy atom. The molecule has 6 nitrogen and oxygen atoms in total. The van der Waals surface area contributed by atoms with Crippen molar-refractivity contribution in [2.24, 2.45) is 0 Å². The lowest BCUT2D eigenvalue weighted by molar-refractivity contribution is -0.274. The summed E-state index contributed by atoms with van der Waals surface area (Å²) in [6.45, 7) is 5.64. The van der Waals surface area contributed by atoms with Gasteiger partial charge in [0.2, 0.25) is 0 Å². The average molecular weight is 546 g/mol. The number of hydrogen-bond acceptors (Lipinski definition) is 5. The van der Waals surface area contributed by atoms with Crippen LogP contribution >= 0.6 is 11.6 Å². The van der Waals surface area contributed by atoms with Gasteiger partial charge in [-0.15, -0.1) is 13.2 Å². The van der Waals surface area contributed by atoms with Crippen LogP contribution in [0.2, 0.25) is 5.02 Å². The minimum Gasteiger partial charge on any atom is -0.491 e. The molecule has 0 radical (unpaired) electrons. The second kappa shape index (κ2) is 10.8. The predicted octanol–water partition coefficient (Wildman–Crippen LogP) is 7.38. The molecule has 1 aromatic heterocycles. The van der Waals surface area contributed by atoms with Crippen molar-refractivity contribution in [3.05, 3.63) is 88.6 Å². The quantitative estimate of drug-likeness (QED) is 0.171. The summed E-state index contributed by atoms with van der Waals surface area (Å²) in [5.41, 5.74) is 1.67. The zero-order valence-corrected chi connectivity index (χ0v) is 21.4. The van der Waals surface area contributed by atoms with Gasteiger partial charge in [-0.25, -0.2) is 4.79 Å². The van der Waals surface area contributed by atoms with Gasteiger partial charge in [-0.05, 0) is 87.5 Å². The number of ether oxygens (including phenoxy) is 3. The summed E-state index contributed by atoms with van der Waals surface area (Å²) in [5.74, 6) is -0.858. The first kappa shape index (κ1) is 27.1. The summed E-state index contributed by atoms with van der Waals surface area (Å²) < 4.78 is 53.8. The van der Waals surface area contributed by atoms with E-state index in [1.54, 1.807) is 47.9 Å². The van der Waals surface area contributed by atoms with Crippen molar-refractivity contribution >= 4 is 34.3 Å². The average Bonchev–Trinajstić information content (AvgIpc) is 3.15. The van der Waals surface area contributed by atoms with Crippen molar-refractivity contribution in [2.45, 2.75) is 33.2 Å². The number of fused-ring (bicyclic) bond motifs is 1. The first-order valence-corrected chi connectivity index (χ1v) is 12.0. The summed E-state index contributed by atoms with van der Waals surface area (Å²) in [4.78, 5) is 26.0. The topological polar surface area (TPSA) is 66.8 Å². The van der Waals surface area contributed by atoms with E-state index in [9.17, 15) is 22.8 Å². The summed E-state index contributed by atoms with van der Waals surface area (Å²) in [6, 6.07) is 16.5. The second-order valence-electron chi connectivity index (χ2n) is 8.51. The van der Waals surface area contributed by atoms with Crippen molar-refractivity contribution in [1.82, 2.24) is 4.57 Å². The Kier molecular flexibility index (Phi) is 7.68. The van der Waals surface area contributed by atoms with E-state index in [2.05, 4.69) is 4.74 Å². The fourth-order valence-corrected chi connectivity index (χ4v) is 4.28. The van der Waals surface area contributed by atoms with E-state index in [1.165, 1.54) is 18.2 Å². The Balaban J connectivity index is 1.76. The molecule has 0 fully saturated rings. The molecule has 0 unspecified atom stereocenters. The van der Waals surface area contributed by atoms with Crippen molar-refractivity contribution in [1.29, 1.82) is 0 Å². The normalized spacial score (nSPS) is 11.6. The van der Waals surface area contributed by atoms with Gasteiger partial charge in [-0.1, -0.05) is 11.6 Å². The maximum Gasteiger partial charge on any atom is 0.573 e. The zero-order valence-electron chi connectivity index (χ0n) is 20.6. The molecule has 0 aliphatic rings. The SMILES string of the molecule is CCOC(=O)c1c(Cl)c2cc(C(=O)c3ccc(OC(F)(F)F)cc3)ccc2n1-c1ccc(OC(C)C)cc1. The summed E-state index contributed by atoms with van der Waals surface area (Å²) in [7, 11) is 0. The number of carbonyl (C=O) groups is 2. The molecular formula is C28H23ClF3NO5. The minimum atomic E-state index is -4.83. The summed E-state index contributed by atoms with van der Waals surface area (Å²) in [6.07, 6.45) is -4.85. The number of aromatic nitrogens is 1. The van der Waals surface area contributed by atoms with Crippen LogP contribution in [0.3, 0.4) is 0 Å². The van der Waals surface area contributed by atoms with Crippen LogP contribution in [0, 0.1) is 0 Å². The Bertz CT molecular complexity index is 1480. The molecule has 0 amide bonds. The third kappa shape index (κ3) is 5.78. The van der Waals surface area contributed by atoms with Crippen molar-refractivity contribution < 1.29 is 37.0 Å². The van der Waals surface area contributed by atoms with Crippen LogP contribution in [0.1, 0.15) is 47.2 Å². The first-order valence-electron chi connectivity index (χ1n) is 11.7. The van der Waals surface area contributed by atoms with Crippen molar-refractivity contribution in [3.63, 3.8) is 0 Å². The van der Waals surface area contributed by atoms with Crippen molar-refractivity contribution in [3.8, 4) is 17.2 Å². The van der Waals surface area contributed by atoms with Gasteiger partial charge in [0.15, 0.2) is 11.5 Å². The van der Waals surface area contributed by atoms with Gasteiger partial charge >= 0.3 is 12.3 Å². The number of hydrogen-bond donors (Lipinski definition) is 0. The molecular weight excluding hydrogens is 523 g/mol. The van der Waals surface area contributed by atoms with Gasteiger partial charge in [0.1, 0.15) is 11.5 Å². The lowest BCUT2D eigenvalue weighted by Crippen LogP contribution is -2.17. The van der Waals surface area contributed by atoms with Gasteiger partial charge in [0.05, 0.1) is 23.3 Å². The number of esters is 1. The smallest absolute Gasteiger partial charge is 0.491 e. The Hall–Kier alpha value is -3.98. The molecule has 4 rings (SSSR count). The molecule has 38 heavy (non-hydrogen) atoms. The highest BCUT2D eigenvalue weighted by Crippen LogP contribution is 2.35. The fourth-order valence-electron chi connectivity index (χ4n) is 3.96. The molecule has 10 heteroatoms. The molecule has 0 saturated carbocycles. The highest BCUT2D eigenvalue weighted by Gasteiger charge is 2.31. The molecule has 0 spiro atoms. The Morgan fingerprint density at radius 2 is 1.53 bits per heavy atom. The van der Waals surface area contributed by atoms with E-state index in [0.29, 0.717) is 22.3 Å². The number of nitrogens with zero attached hydrogens (tertiary/aromatic N) is 1. The highest BCUT2D eigenvalue weighted by atomic mass is 35.5. The minimum absolute atomic E-state index is 0.0119. The molecule has 0 bridgehead atoms. The van der Waals surface area contributed by atoms with E-state index < -0.39 is 23.9 Å². The van der Waals surface area contributed by atoms with E-state index in [-0.39, 0.29) is 34.6 Å². The van der Waals surface area contributed by atoms with Crippen LogP contribution in [-0.4, -0.2) is 35.4 Å². The summed E-state index contributed by atoms with van der Waals surface area (Å²) in [5, 5.41) is 0.532. The van der Waals surface area contributed by atoms with E-state index in [1.807, 2.05) is 13.8 Å². The largest absolute Gasteiger partial charge is 0.573 e. The highest BCUT2D eigenvalue weighted by molar-refractivity contribution is 6.39. The lowest BCUT2D eigenvalue weighted by atomic mass is 10.0. The first-order chi connectivity index (χ1) is 18.0. The maximum absolute atomic E-state index is 13.1. The van der Waals surface area contributed by atoms with Gasteiger partial charge in [0, 0.05) is 22.2 Å². The van der Waals surface area contributed by atoms with Crippen LogP contribution in [0.15, 0.2) is 66.7 Å². The van der Waals surface area contributed by atoms with Crippen LogP contribution in [0.25, 0.3) is 16.6 Å².